The summed E-state index contributed by atoms with van der Waals surface area (Å²) in [7, 11) is 0. The molecular weight excluding hydrogens is 567 g/mol. The Hall–Kier alpha value is -5.64. The van der Waals surface area contributed by atoms with Gasteiger partial charge in [-0.15, -0.1) is 11.3 Å². The highest BCUT2D eigenvalue weighted by Gasteiger charge is 2.27. The number of thiophene rings is 1. The Morgan fingerprint density at radius 2 is 1.04 bits per heavy atom. The second-order valence-electron chi connectivity index (χ2n) is 11.3. The third-order valence-electron chi connectivity index (χ3n) is 8.68. The highest BCUT2D eigenvalue weighted by molar-refractivity contribution is 7.26. The minimum absolute atomic E-state index is 0.876. The number of furan rings is 1. The van der Waals surface area contributed by atoms with Crippen LogP contribution in [0.25, 0.3) is 64.4 Å². The number of hydrogen-bond donors (Lipinski definition) is 0. The normalized spacial score (nSPS) is 11.6. The lowest BCUT2D eigenvalue weighted by molar-refractivity contribution is 0.669. The van der Waals surface area contributed by atoms with Gasteiger partial charge in [-0.1, -0.05) is 133 Å². The molecular formula is C42H27NOS. The molecule has 0 bridgehead atoms. The summed E-state index contributed by atoms with van der Waals surface area (Å²) in [6, 6.07) is 58.4. The summed E-state index contributed by atoms with van der Waals surface area (Å²) in [4.78, 5) is 2.49. The number of benzene rings is 7. The Morgan fingerprint density at radius 3 is 1.87 bits per heavy atom. The largest absolute Gasteiger partial charge is 0.456 e. The van der Waals surface area contributed by atoms with E-state index >= 15 is 0 Å². The van der Waals surface area contributed by atoms with Crippen LogP contribution in [0.2, 0.25) is 0 Å². The fourth-order valence-corrected chi connectivity index (χ4v) is 7.93. The van der Waals surface area contributed by atoms with Crippen LogP contribution in [-0.4, -0.2) is 0 Å². The molecule has 2 nitrogen and oxygen atoms in total. The van der Waals surface area contributed by atoms with Crippen molar-refractivity contribution in [3.63, 3.8) is 0 Å². The summed E-state index contributed by atoms with van der Waals surface area (Å²) >= 11 is 1.86. The number of anilines is 3. The summed E-state index contributed by atoms with van der Waals surface area (Å²) < 4.78 is 8.99. The summed E-state index contributed by atoms with van der Waals surface area (Å²) in [5, 5.41) is 4.75. The molecule has 0 aliphatic rings. The summed E-state index contributed by atoms with van der Waals surface area (Å²) in [5.41, 5.74) is 9.83. The monoisotopic (exact) mass is 593 g/mol. The van der Waals surface area contributed by atoms with Crippen molar-refractivity contribution >= 4 is 70.5 Å². The topological polar surface area (TPSA) is 16.4 Å². The van der Waals surface area contributed by atoms with E-state index in [2.05, 4.69) is 163 Å². The highest BCUT2D eigenvalue weighted by atomic mass is 32.1. The van der Waals surface area contributed by atoms with Crippen LogP contribution in [0.4, 0.5) is 17.1 Å². The molecule has 0 N–H and O–H groups in total. The van der Waals surface area contributed by atoms with Crippen LogP contribution in [0.3, 0.4) is 0 Å². The Labute approximate surface area is 265 Å². The molecule has 0 fully saturated rings. The van der Waals surface area contributed by atoms with Gasteiger partial charge < -0.3 is 9.32 Å². The molecule has 0 amide bonds. The zero-order valence-electron chi connectivity index (χ0n) is 24.4. The second-order valence-corrected chi connectivity index (χ2v) is 12.3. The van der Waals surface area contributed by atoms with Gasteiger partial charge in [-0.05, 0) is 41.5 Å². The third-order valence-corrected chi connectivity index (χ3v) is 9.87. The van der Waals surface area contributed by atoms with Crippen molar-refractivity contribution in [2.45, 2.75) is 0 Å². The molecule has 9 rings (SSSR count). The van der Waals surface area contributed by atoms with Crippen molar-refractivity contribution in [3.8, 4) is 22.3 Å². The van der Waals surface area contributed by atoms with Gasteiger partial charge in [-0.3, -0.25) is 0 Å². The number of fused-ring (bicyclic) bond motifs is 6. The van der Waals surface area contributed by atoms with Crippen LogP contribution >= 0.6 is 11.3 Å². The smallest absolute Gasteiger partial charge is 0.137 e. The van der Waals surface area contributed by atoms with Crippen LogP contribution in [0.5, 0.6) is 0 Å². The molecule has 0 saturated carbocycles. The highest BCUT2D eigenvalue weighted by Crippen LogP contribution is 2.53. The molecule has 0 atom stereocenters. The predicted molar refractivity (Wildman–Crippen MR) is 192 cm³/mol. The Kier molecular flexibility index (Phi) is 6.03. The van der Waals surface area contributed by atoms with Gasteiger partial charge in [0.15, 0.2) is 0 Å². The van der Waals surface area contributed by atoms with E-state index in [0.717, 1.165) is 33.3 Å². The van der Waals surface area contributed by atoms with E-state index in [1.165, 1.54) is 48.1 Å². The van der Waals surface area contributed by atoms with Gasteiger partial charge in [0.25, 0.3) is 0 Å². The van der Waals surface area contributed by atoms with Gasteiger partial charge in [0.2, 0.25) is 0 Å². The zero-order chi connectivity index (χ0) is 29.7. The first-order valence-electron chi connectivity index (χ1n) is 15.2. The number of para-hydroxylation sites is 2. The molecule has 0 aliphatic carbocycles. The molecule has 45 heavy (non-hydrogen) atoms. The Morgan fingerprint density at radius 1 is 0.422 bits per heavy atom. The number of hydrogen-bond acceptors (Lipinski definition) is 3. The van der Waals surface area contributed by atoms with E-state index in [1.807, 2.05) is 17.4 Å². The molecule has 0 radical (unpaired) electrons. The Bertz CT molecular complexity index is 2490. The van der Waals surface area contributed by atoms with E-state index in [-0.39, 0.29) is 0 Å². The maximum Gasteiger partial charge on any atom is 0.137 e. The van der Waals surface area contributed by atoms with Crippen LogP contribution < -0.4 is 4.90 Å². The van der Waals surface area contributed by atoms with Gasteiger partial charge in [0, 0.05) is 32.0 Å². The first kappa shape index (κ1) is 25.8. The van der Waals surface area contributed by atoms with E-state index in [0.29, 0.717) is 0 Å². The van der Waals surface area contributed by atoms with Crippen molar-refractivity contribution in [1.82, 2.24) is 0 Å². The predicted octanol–water partition coefficient (Wildman–Crippen LogP) is 12.8. The molecule has 0 saturated heterocycles. The quantitative estimate of drug-likeness (QED) is 0.197. The molecule has 0 spiro atoms. The average Bonchev–Trinajstić information content (AvgIpc) is 3.69. The van der Waals surface area contributed by atoms with Crippen molar-refractivity contribution in [3.05, 3.63) is 164 Å². The lowest BCUT2D eigenvalue weighted by atomic mass is 9.96. The van der Waals surface area contributed by atoms with Crippen LogP contribution in [0, 0.1) is 0 Å². The lowest BCUT2D eigenvalue weighted by Gasteiger charge is -2.31. The van der Waals surface area contributed by atoms with E-state index < -0.39 is 0 Å². The number of nitrogens with zero attached hydrogens (tertiary/aromatic N) is 1. The standard InChI is InChI=1S/C42H27NOS/c1-3-14-28(15-4-1)30-18-7-10-21-35(30)43(36-22-13-24-38-40(36)34-20-8-11-23-37(34)44-38)41-31(29-16-5-2-6-17-29)26-27-33-32-19-9-12-25-39(32)45-42(33)41/h1-27H. The maximum atomic E-state index is 6.46. The van der Waals surface area contributed by atoms with Crippen molar-refractivity contribution < 1.29 is 4.42 Å². The molecule has 7 aromatic carbocycles. The summed E-state index contributed by atoms with van der Waals surface area (Å²) in [6.07, 6.45) is 0. The zero-order valence-corrected chi connectivity index (χ0v) is 25.2. The maximum absolute atomic E-state index is 6.46. The van der Waals surface area contributed by atoms with Gasteiger partial charge in [-0.2, -0.15) is 0 Å². The minimum atomic E-state index is 0.876. The average molecular weight is 594 g/mol. The van der Waals surface area contributed by atoms with Gasteiger partial charge >= 0.3 is 0 Å². The third kappa shape index (κ3) is 4.16. The summed E-state index contributed by atoms with van der Waals surface area (Å²) in [6.45, 7) is 0. The van der Waals surface area contributed by atoms with Crippen molar-refractivity contribution in [2.75, 3.05) is 4.90 Å². The second kappa shape index (κ2) is 10.5. The molecule has 0 aliphatic heterocycles. The molecule has 2 aromatic heterocycles. The SMILES string of the molecule is c1ccc(-c2ccccc2N(c2c(-c3ccccc3)ccc3c2sc2ccccc23)c2cccc3oc4ccccc4c23)cc1. The van der Waals surface area contributed by atoms with Gasteiger partial charge in [0.05, 0.1) is 27.1 Å². The van der Waals surface area contributed by atoms with Crippen LogP contribution in [-0.2, 0) is 0 Å². The molecule has 9 aromatic rings. The van der Waals surface area contributed by atoms with Gasteiger partial charge in [0.1, 0.15) is 11.2 Å². The first-order chi connectivity index (χ1) is 22.3. The summed E-state index contributed by atoms with van der Waals surface area (Å²) in [5.74, 6) is 0. The van der Waals surface area contributed by atoms with Crippen LogP contribution in [0.15, 0.2) is 168 Å². The molecule has 2 heterocycles. The van der Waals surface area contributed by atoms with E-state index in [4.69, 9.17) is 4.42 Å². The van der Waals surface area contributed by atoms with Crippen molar-refractivity contribution in [2.24, 2.45) is 0 Å². The van der Waals surface area contributed by atoms with E-state index in [9.17, 15) is 0 Å². The first-order valence-corrected chi connectivity index (χ1v) is 16.0. The fourth-order valence-electron chi connectivity index (χ4n) is 6.69. The molecule has 0 unspecified atom stereocenters. The number of rotatable bonds is 5. The van der Waals surface area contributed by atoms with Gasteiger partial charge in [-0.25, -0.2) is 0 Å². The Balaban J connectivity index is 1.48. The van der Waals surface area contributed by atoms with Crippen LogP contribution in [0.1, 0.15) is 0 Å². The van der Waals surface area contributed by atoms with E-state index in [1.54, 1.807) is 0 Å². The fraction of sp³-hybridized carbons (Fsp3) is 0. The molecule has 212 valence electrons. The lowest BCUT2D eigenvalue weighted by Crippen LogP contribution is -2.13. The molecule has 3 heteroatoms. The van der Waals surface area contributed by atoms with Crippen molar-refractivity contribution in [1.29, 1.82) is 0 Å². The minimum Gasteiger partial charge on any atom is -0.456 e.